The molecular formula is C25H27N3O8S. The largest absolute Gasteiger partial charge is 0.497 e. The Morgan fingerprint density at radius 3 is 2.41 bits per heavy atom. The molecular weight excluding hydrogens is 502 g/mol. The predicted octanol–water partition coefficient (Wildman–Crippen LogP) is 3.06. The molecule has 0 saturated heterocycles. The van der Waals surface area contributed by atoms with Gasteiger partial charge in [-0.1, -0.05) is 12.1 Å². The quantitative estimate of drug-likeness (QED) is 0.227. The normalized spacial score (nSPS) is 11.2. The van der Waals surface area contributed by atoms with Crippen LogP contribution in [0.4, 0.5) is 5.69 Å². The van der Waals surface area contributed by atoms with Crippen molar-refractivity contribution in [1.29, 1.82) is 0 Å². The fourth-order valence-corrected chi connectivity index (χ4v) is 4.12. The minimum Gasteiger partial charge on any atom is -0.497 e. The third kappa shape index (κ3) is 7.10. The van der Waals surface area contributed by atoms with Crippen LogP contribution in [0.25, 0.3) is 11.3 Å². The van der Waals surface area contributed by atoms with Crippen molar-refractivity contribution in [1.82, 2.24) is 5.43 Å². The van der Waals surface area contributed by atoms with Gasteiger partial charge >= 0.3 is 5.97 Å². The smallest absolute Gasteiger partial charge is 0.338 e. The molecule has 1 heterocycles. The van der Waals surface area contributed by atoms with Crippen LogP contribution in [0, 0.1) is 0 Å². The molecule has 0 aliphatic heterocycles. The average molecular weight is 530 g/mol. The number of esters is 1. The van der Waals surface area contributed by atoms with Crippen LogP contribution in [0.2, 0.25) is 0 Å². The van der Waals surface area contributed by atoms with Crippen LogP contribution in [-0.2, 0) is 19.6 Å². The summed E-state index contributed by atoms with van der Waals surface area (Å²) in [6.07, 6.45) is 2.26. The number of amides is 1. The molecule has 0 aliphatic carbocycles. The molecule has 0 radical (unpaired) electrons. The number of sulfonamides is 1. The van der Waals surface area contributed by atoms with Crippen LogP contribution in [0.1, 0.15) is 23.0 Å². The number of nitrogens with one attached hydrogen (secondary N) is 1. The topological polar surface area (TPSA) is 137 Å². The molecule has 3 rings (SSSR count). The number of furan rings is 1. The Labute approximate surface area is 214 Å². The molecule has 0 unspecified atom stereocenters. The first-order valence-electron chi connectivity index (χ1n) is 11.0. The van der Waals surface area contributed by atoms with Crippen molar-refractivity contribution in [2.24, 2.45) is 5.10 Å². The first-order valence-corrected chi connectivity index (χ1v) is 12.9. The number of hydrazone groups is 1. The van der Waals surface area contributed by atoms with Gasteiger partial charge in [-0.25, -0.2) is 18.6 Å². The summed E-state index contributed by atoms with van der Waals surface area (Å²) in [4.78, 5) is 24.3. The zero-order chi connectivity index (χ0) is 27.0. The van der Waals surface area contributed by atoms with E-state index in [1.54, 1.807) is 55.5 Å². The summed E-state index contributed by atoms with van der Waals surface area (Å²) in [5.41, 5.74) is 3.59. The Morgan fingerprint density at radius 1 is 1.05 bits per heavy atom. The highest BCUT2D eigenvalue weighted by atomic mass is 32.2. The van der Waals surface area contributed by atoms with Crippen LogP contribution in [0.15, 0.2) is 64.1 Å². The number of hydrogen-bond acceptors (Lipinski definition) is 9. The molecule has 11 nitrogen and oxygen atoms in total. The Balaban J connectivity index is 1.67. The molecule has 2 aromatic carbocycles. The second-order valence-electron chi connectivity index (χ2n) is 7.60. The van der Waals surface area contributed by atoms with Crippen molar-refractivity contribution in [3.05, 3.63) is 65.9 Å². The first kappa shape index (κ1) is 27.3. The molecule has 0 atom stereocenters. The monoisotopic (exact) mass is 529 g/mol. The lowest BCUT2D eigenvalue weighted by Gasteiger charge is -2.23. The van der Waals surface area contributed by atoms with E-state index in [1.807, 2.05) is 0 Å². The standard InChI is InChI=1S/C25H27N3O8S/c1-5-35-25(30)18-8-6-17(7-9-18)22-12-11-20(36-22)15-26-27-24(29)16-28(37(4,31)32)21-14-19(33-2)10-13-23(21)34-3/h6-15H,5,16H2,1-4H3,(H,27,29)/b26-15-. The second-order valence-corrected chi connectivity index (χ2v) is 9.51. The van der Waals surface area contributed by atoms with Crippen molar-refractivity contribution in [3.8, 4) is 22.8 Å². The average Bonchev–Trinajstić information content (AvgIpc) is 3.35. The summed E-state index contributed by atoms with van der Waals surface area (Å²) in [5, 5.41) is 3.85. The van der Waals surface area contributed by atoms with Gasteiger partial charge in [-0.05, 0) is 43.3 Å². The van der Waals surface area contributed by atoms with Gasteiger partial charge in [0.2, 0.25) is 10.0 Å². The number of nitrogens with zero attached hydrogens (tertiary/aromatic N) is 2. The van der Waals surface area contributed by atoms with Gasteiger partial charge in [0.05, 0.1) is 44.5 Å². The molecule has 0 aliphatic rings. The van der Waals surface area contributed by atoms with E-state index >= 15 is 0 Å². The third-order valence-corrected chi connectivity index (χ3v) is 6.16. The highest BCUT2D eigenvalue weighted by Crippen LogP contribution is 2.33. The molecule has 0 fully saturated rings. The number of hydrogen-bond donors (Lipinski definition) is 1. The second kappa shape index (κ2) is 12.1. The minimum absolute atomic E-state index is 0.146. The molecule has 196 valence electrons. The van der Waals surface area contributed by atoms with E-state index in [9.17, 15) is 18.0 Å². The molecule has 0 spiro atoms. The molecule has 12 heteroatoms. The van der Waals surface area contributed by atoms with E-state index in [4.69, 9.17) is 18.6 Å². The number of benzene rings is 2. The van der Waals surface area contributed by atoms with Crippen LogP contribution in [0.5, 0.6) is 11.5 Å². The van der Waals surface area contributed by atoms with E-state index in [2.05, 4.69) is 10.5 Å². The highest BCUT2D eigenvalue weighted by molar-refractivity contribution is 7.92. The SMILES string of the molecule is CCOC(=O)c1ccc(-c2ccc(/C=N\NC(=O)CN(c3cc(OC)ccc3OC)S(C)(=O)=O)o2)cc1. The van der Waals surface area contributed by atoms with E-state index < -0.39 is 28.4 Å². The number of carbonyl (C=O) groups is 2. The Bertz CT molecular complexity index is 1380. The van der Waals surface area contributed by atoms with Crippen molar-refractivity contribution < 1.29 is 36.6 Å². The van der Waals surface area contributed by atoms with Gasteiger partial charge in [-0.3, -0.25) is 9.10 Å². The number of anilines is 1. The number of ether oxygens (including phenoxy) is 3. The Morgan fingerprint density at radius 2 is 1.78 bits per heavy atom. The van der Waals surface area contributed by atoms with Crippen molar-refractivity contribution in [2.75, 3.05) is 37.9 Å². The van der Waals surface area contributed by atoms with Crippen molar-refractivity contribution in [2.45, 2.75) is 6.92 Å². The molecule has 3 aromatic rings. The molecule has 0 bridgehead atoms. The lowest BCUT2D eigenvalue weighted by atomic mass is 10.1. The van der Waals surface area contributed by atoms with Crippen LogP contribution in [0.3, 0.4) is 0 Å². The maximum absolute atomic E-state index is 12.5. The molecule has 1 amide bonds. The van der Waals surface area contributed by atoms with Gasteiger partial charge in [-0.2, -0.15) is 5.10 Å². The summed E-state index contributed by atoms with van der Waals surface area (Å²) in [6, 6.07) is 14.7. The van der Waals surface area contributed by atoms with Gasteiger partial charge in [0.15, 0.2) is 0 Å². The van der Waals surface area contributed by atoms with Gasteiger partial charge in [-0.15, -0.1) is 0 Å². The van der Waals surface area contributed by atoms with E-state index in [1.165, 1.54) is 26.5 Å². The highest BCUT2D eigenvalue weighted by Gasteiger charge is 2.24. The van der Waals surface area contributed by atoms with Crippen LogP contribution < -0.4 is 19.2 Å². The van der Waals surface area contributed by atoms with E-state index in [0.717, 1.165) is 16.1 Å². The number of methoxy groups -OCH3 is 2. The fourth-order valence-electron chi connectivity index (χ4n) is 3.27. The lowest BCUT2D eigenvalue weighted by molar-refractivity contribution is -0.119. The van der Waals surface area contributed by atoms with Gasteiger partial charge < -0.3 is 18.6 Å². The Hall–Kier alpha value is -4.32. The van der Waals surface area contributed by atoms with Gasteiger partial charge in [0.25, 0.3) is 5.91 Å². The van der Waals surface area contributed by atoms with Crippen LogP contribution in [-0.4, -0.2) is 60.1 Å². The predicted molar refractivity (Wildman–Crippen MR) is 138 cm³/mol. The number of rotatable bonds is 11. The summed E-state index contributed by atoms with van der Waals surface area (Å²) in [6.45, 7) is 1.48. The maximum Gasteiger partial charge on any atom is 0.338 e. The van der Waals surface area contributed by atoms with Crippen molar-refractivity contribution in [3.63, 3.8) is 0 Å². The zero-order valence-corrected chi connectivity index (χ0v) is 21.6. The molecule has 1 N–H and O–H groups in total. The fraction of sp³-hybridized carbons (Fsp3) is 0.240. The number of carbonyl (C=O) groups excluding carboxylic acids is 2. The third-order valence-electron chi connectivity index (χ3n) is 5.03. The maximum atomic E-state index is 12.5. The van der Waals surface area contributed by atoms with E-state index in [0.29, 0.717) is 29.4 Å². The molecule has 0 saturated carbocycles. The summed E-state index contributed by atoms with van der Waals surface area (Å²) < 4.78 is 46.8. The summed E-state index contributed by atoms with van der Waals surface area (Å²) in [5.74, 6) is 0.424. The van der Waals surface area contributed by atoms with E-state index in [-0.39, 0.29) is 11.4 Å². The summed E-state index contributed by atoms with van der Waals surface area (Å²) >= 11 is 0. The van der Waals surface area contributed by atoms with Crippen molar-refractivity contribution >= 4 is 33.8 Å². The molecule has 37 heavy (non-hydrogen) atoms. The van der Waals surface area contributed by atoms with Gasteiger partial charge in [0.1, 0.15) is 29.6 Å². The molecule has 1 aromatic heterocycles. The van der Waals surface area contributed by atoms with Gasteiger partial charge in [0, 0.05) is 11.6 Å². The zero-order valence-electron chi connectivity index (χ0n) is 20.8. The lowest BCUT2D eigenvalue weighted by Crippen LogP contribution is -2.39. The minimum atomic E-state index is -3.85. The van der Waals surface area contributed by atoms with Crippen LogP contribution >= 0.6 is 0 Å². The summed E-state index contributed by atoms with van der Waals surface area (Å²) in [7, 11) is -1.02. The Kier molecular flexibility index (Phi) is 8.90. The first-order chi connectivity index (χ1) is 17.7.